The molecule has 24 heavy (non-hydrogen) atoms. The number of benzene rings is 1. The summed E-state index contributed by atoms with van der Waals surface area (Å²) in [5.41, 5.74) is 2.18. The number of aromatic amines is 1. The van der Waals surface area contributed by atoms with E-state index in [4.69, 9.17) is 0 Å². The van der Waals surface area contributed by atoms with Crippen LogP contribution in [0.4, 0.5) is 10.1 Å². The second kappa shape index (κ2) is 6.43. The van der Waals surface area contributed by atoms with E-state index in [0.29, 0.717) is 30.6 Å². The first-order chi connectivity index (χ1) is 11.5. The Morgan fingerprint density at radius 1 is 1.42 bits per heavy atom. The van der Waals surface area contributed by atoms with Crippen molar-refractivity contribution in [3.8, 4) is 0 Å². The SMILES string of the molecule is Cc1ccc(F)c(N2CCCC(NC(=O)c3cn[nH]c3C)C2=O)c1. The average molecular weight is 330 g/mol. The maximum Gasteiger partial charge on any atom is 0.255 e. The van der Waals surface area contributed by atoms with Crippen LogP contribution in [0.25, 0.3) is 0 Å². The van der Waals surface area contributed by atoms with Crippen LogP contribution in [0, 0.1) is 19.7 Å². The highest BCUT2D eigenvalue weighted by molar-refractivity contribution is 6.03. The molecule has 2 N–H and O–H groups in total. The first kappa shape index (κ1) is 16.2. The quantitative estimate of drug-likeness (QED) is 0.904. The van der Waals surface area contributed by atoms with Gasteiger partial charge in [-0.3, -0.25) is 14.7 Å². The number of anilines is 1. The molecule has 1 aliphatic rings. The average Bonchev–Trinajstić information content (AvgIpc) is 2.98. The Labute approximate surface area is 139 Å². The van der Waals surface area contributed by atoms with Gasteiger partial charge in [0, 0.05) is 12.2 Å². The minimum Gasteiger partial charge on any atom is -0.340 e. The molecule has 2 aromatic rings. The molecule has 126 valence electrons. The molecule has 0 aliphatic carbocycles. The lowest BCUT2D eigenvalue weighted by molar-refractivity contribution is -0.121. The Morgan fingerprint density at radius 3 is 2.92 bits per heavy atom. The molecule has 2 heterocycles. The summed E-state index contributed by atoms with van der Waals surface area (Å²) in [7, 11) is 0. The highest BCUT2D eigenvalue weighted by Crippen LogP contribution is 2.25. The van der Waals surface area contributed by atoms with Gasteiger partial charge in [-0.2, -0.15) is 5.10 Å². The highest BCUT2D eigenvalue weighted by Gasteiger charge is 2.32. The van der Waals surface area contributed by atoms with Crippen molar-refractivity contribution in [2.24, 2.45) is 0 Å². The molecule has 1 unspecified atom stereocenters. The summed E-state index contributed by atoms with van der Waals surface area (Å²) in [6.45, 7) is 4.02. The molecule has 1 fully saturated rings. The maximum atomic E-state index is 14.1. The minimum absolute atomic E-state index is 0.262. The molecule has 0 radical (unpaired) electrons. The zero-order valence-corrected chi connectivity index (χ0v) is 13.6. The fourth-order valence-corrected chi connectivity index (χ4v) is 2.89. The number of nitrogens with zero attached hydrogens (tertiary/aromatic N) is 2. The van der Waals surface area contributed by atoms with Crippen LogP contribution in [0.5, 0.6) is 0 Å². The highest BCUT2D eigenvalue weighted by atomic mass is 19.1. The van der Waals surface area contributed by atoms with Gasteiger partial charge in [0.15, 0.2) is 0 Å². The van der Waals surface area contributed by atoms with Crippen molar-refractivity contribution < 1.29 is 14.0 Å². The van der Waals surface area contributed by atoms with Gasteiger partial charge in [-0.05, 0) is 44.4 Å². The summed E-state index contributed by atoms with van der Waals surface area (Å²) in [5.74, 6) is -1.09. The van der Waals surface area contributed by atoms with Crippen LogP contribution in [0.1, 0.15) is 34.5 Å². The molecule has 1 saturated heterocycles. The lowest BCUT2D eigenvalue weighted by Crippen LogP contribution is -2.52. The molecule has 1 atom stereocenters. The van der Waals surface area contributed by atoms with Gasteiger partial charge >= 0.3 is 0 Å². The Morgan fingerprint density at radius 2 is 2.21 bits per heavy atom. The number of carbonyl (C=O) groups excluding carboxylic acids is 2. The van der Waals surface area contributed by atoms with E-state index < -0.39 is 11.9 Å². The van der Waals surface area contributed by atoms with Crippen LogP contribution in [0.15, 0.2) is 24.4 Å². The number of aromatic nitrogens is 2. The van der Waals surface area contributed by atoms with E-state index in [1.165, 1.54) is 17.2 Å². The van der Waals surface area contributed by atoms with E-state index in [1.807, 2.05) is 6.92 Å². The van der Waals surface area contributed by atoms with Crippen LogP contribution in [0.3, 0.4) is 0 Å². The van der Waals surface area contributed by atoms with Gasteiger partial charge in [-0.1, -0.05) is 6.07 Å². The third-order valence-electron chi connectivity index (χ3n) is 4.21. The van der Waals surface area contributed by atoms with Gasteiger partial charge in [-0.25, -0.2) is 4.39 Å². The molecule has 0 spiro atoms. The van der Waals surface area contributed by atoms with Crippen LogP contribution in [-0.2, 0) is 4.79 Å². The number of amides is 2. The van der Waals surface area contributed by atoms with E-state index in [1.54, 1.807) is 19.1 Å². The third-order valence-corrected chi connectivity index (χ3v) is 4.21. The van der Waals surface area contributed by atoms with E-state index in [0.717, 1.165) is 5.56 Å². The zero-order valence-electron chi connectivity index (χ0n) is 13.6. The summed E-state index contributed by atoms with van der Waals surface area (Å²) < 4.78 is 14.1. The van der Waals surface area contributed by atoms with Crippen molar-refractivity contribution in [3.63, 3.8) is 0 Å². The van der Waals surface area contributed by atoms with Crippen molar-refractivity contribution in [1.29, 1.82) is 0 Å². The number of carbonyl (C=O) groups is 2. The minimum atomic E-state index is -0.666. The summed E-state index contributed by atoms with van der Waals surface area (Å²) in [6.07, 6.45) is 2.65. The standard InChI is InChI=1S/C17H19FN4O2/c1-10-5-6-13(18)15(8-10)22-7-3-4-14(17(22)24)20-16(23)12-9-19-21-11(12)2/h5-6,8-9,14H,3-4,7H2,1-2H3,(H,19,21)(H,20,23). The fraction of sp³-hybridized carbons (Fsp3) is 0.353. The maximum absolute atomic E-state index is 14.1. The van der Waals surface area contributed by atoms with Crippen molar-refractivity contribution in [2.45, 2.75) is 32.7 Å². The smallest absolute Gasteiger partial charge is 0.255 e. The Bertz CT molecular complexity index is 787. The lowest BCUT2D eigenvalue weighted by atomic mass is 10.0. The predicted molar refractivity (Wildman–Crippen MR) is 87.3 cm³/mol. The van der Waals surface area contributed by atoms with Gasteiger partial charge < -0.3 is 10.2 Å². The Hall–Kier alpha value is -2.70. The van der Waals surface area contributed by atoms with Crippen LogP contribution >= 0.6 is 0 Å². The second-order valence-electron chi connectivity index (χ2n) is 6.02. The molecule has 7 heteroatoms. The number of piperidine rings is 1. The number of nitrogens with one attached hydrogen (secondary N) is 2. The molecule has 2 amide bonds. The third kappa shape index (κ3) is 3.02. The largest absolute Gasteiger partial charge is 0.340 e. The van der Waals surface area contributed by atoms with E-state index in [-0.39, 0.29) is 17.5 Å². The lowest BCUT2D eigenvalue weighted by Gasteiger charge is -2.33. The monoisotopic (exact) mass is 330 g/mol. The topological polar surface area (TPSA) is 78.1 Å². The van der Waals surface area contributed by atoms with E-state index in [2.05, 4.69) is 15.5 Å². The molecule has 1 aromatic carbocycles. The molecular formula is C17H19FN4O2. The molecule has 1 aromatic heterocycles. The zero-order chi connectivity index (χ0) is 17.3. The number of hydrogen-bond acceptors (Lipinski definition) is 3. The molecule has 6 nitrogen and oxygen atoms in total. The van der Waals surface area contributed by atoms with Gasteiger partial charge in [0.05, 0.1) is 17.4 Å². The fourth-order valence-electron chi connectivity index (χ4n) is 2.89. The summed E-state index contributed by atoms with van der Waals surface area (Å²) in [5, 5.41) is 9.23. The van der Waals surface area contributed by atoms with Crippen LogP contribution < -0.4 is 10.2 Å². The van der Waals surface area contributed by atoms with Crippen molar-refractivity contribution in [1.82, 2.24) is 15.5 Å². The van der Waals surface area contributed by atoms with Crippen LogP contribution in [0.2, 0.25) is 0 Å². The van der Waals surface area contributed by atoms with Gasteiger partial charge in [0.1, 0.15) is 11.9 Å². The second-order valence-corrected chi connectivity index (χ2v) is 6.02. The normalized spacial score (nSPS) is 17.9. The number of halogens is 1. The van der Waals surface area contributed by atoms with Crippen molar-refractivity contribution in [3.05, 3.63) is 47.0 Å². The summed E-state index contributed by atoms with van der Waals surface area (Å²) >= 11 is 0. The molecular weight excluding hydrogens is 311 g/mol. The van der Waals surface area contributed by atoms with E-state index in [9.17, 15) is 14.0 Å². The molecule has 0 bridgehead atoms. The number of aryl methyl sites for hydroxylation is 2. The first-order valence-corrected chi connectivity index (χ1v) is 7.85. The molecule has 1 aliphatic heterocycles. The van der Waals surface area contributed by atoms with Gasteiger partial charge in [0.2, 0.25) is 5.91 Å². The number of H-pyrrole nitrogens is 1. The Kier molecular flexibility index (Phi) is 4.33. The molecule has 3 rings (SSSR count). The summed E-state index contributed by atoms with van der Waals surface area (Å²) in [4.78, 5) is 26.4. The van der Waals surface area contributed by atoms with Gasteiger partial charge in [0.25, 0.3) is 5.91 Å². The van der Waals surface area contributed by atoms with E-state index >= 15 is 0 Å². The van der Waals surface area contributed by atoms with Crippen molar-refractivity contribution >= 4 is 17.5 Å². The van der Waals surface area contributed by atoms with Crippen LogP contribution in [-0.4, -0.2) is 34.6 Å². The Balaban J connectivity index is 1.79. The summed E-state index contributed by atoms with van der Waals surface area (Å²) in [6, 6.07) is 4.00. The molecule has 0 saturated carbocycles. The van der Waals surface area contributed by atoms with Gasteiger partial charge in [-0.15, -0.1) is 0 Å². The number of rotatable bonds is 3. The number of hydrogen-bond donors (Lipinski definition) is 2. The predicted octanol–water partition coefficient (Wildman–Crippen LogP) is 2.09. The van der Waals surface area contributed by atoms with Crippen molar-refractivity contribution in [2.75, 3.05) is 11.4 Å². The first-order valence-electron chi connectivity index (χ1n) is 7.85.